The molecule has 0 N–H and O–H groups in total. The van der Waals surface area contributed by atoms with E-state index in [1.807, 2.05) is 0 Å². The molecule has 0 fully saturated rings. The second-order valence-electron chi connectivity index (χ2n) is 0. The molecule has 0 aromatic heterocycles. The van der Waals surface area contributed by atoms with E-state index in [9.17, 15) is 0 Å². The number of halogens is 6. The number of rotatable bonds is 0. The summed E-state index contributed by atoms with van der Waals surface area (Å²) in [5, 5.41) is 0. The summed E-state index contributed by atoms with van der Waals surface area (Å²) >= 11 is 0. The summed E-state index contributed by atoms with van der Waals surface area (Å²) < 4.78 is 0. The maximum absolute atomic E-state index is 0. The predicted octanol–water partition coefficient (Wildman–Crippen LogP) is -18.4. The topological polar surface area (TPSA) is 0 Å². The first kappa shape index (κ1) is 593. The summed E-state index contributed by atoms with van der Waals surface area (Å²) in [7, 11) is 0. The molecular weight excluding hydrogens is 186 g/mol. The second kappa shape index (κ2) is 403. The van der Waals surface area contributed by atoms with Crippen molar-refractivity contribution in [1.82, 2.24) is 0 Å². The van der Waals surface area contributed by atoms with Gasteiger partial charge in [0.05, 0.1) is 0 Å². The predicted molar refractivity (Wildman–Crippen MR) is 5.75 cm³/mol. The summed E-state index contributed by atoms with van der Waals surface area (Å²) in [5.74, 6) is 0. The van der Waals surface area contributed by atoms with E-state index in [1.165, 1.54) is 0 Å². The average Bonchev–Trinajstić information content (AvgIpc) is 0. The van der Waals surface area contributed by atoms with E-state index in [4.69, 9.17) is 0 Å². The summed E-state index contributed by atoms with van der Waals surface area (Å²) in [6.07, 6.45) is 0. The van der Waals surface area contributed by atoms with Crippen LogP contribution in [0.1, 0.15) is 0 Å². The molecule has 0 rings (SSSR count). The zero-order chi connectivity index (χ0) is 0. The molecule has 0 radical (unpaired) electrons. The fourth-order valence-corrected chi connectivity index (χ4v) is 0. The molecule has 0 spiro atoms. The first-order valence-corrected chi connectivity index (χ1v) is 0. The van der Waals surface area contributed by atoms with Crippen LogP contribution in [0.15, 0.2) is 0 Å². The molecule has 0 heterocycles. The molecule has 0 aliphatic heterocycles. The molecule has 0 aliphatic rings. The fourth-order valence-electron chi connectivity index (χ4n) is 0. The van der Waals surface area contributed by atoms with Crippen molar-refractivity contribution in [3.8, 4) is 0 Å². The van der Waals surface area contributed by atoms with Gasteiger partial charge in [-0.15, -0.1) is 0 Å². The van der Waals surface area contributed by atoms with E-state index in [-0.39, 0.29) is 71.4 Å². The van der Waals surface area contributed by atoms with Crippen LogP contribution >= 0.6 is 0 Å². The fraction of sp³-hybridized carbons (Fsp3) is 0. The molecular formula is AlF6Sc. The molecule has 0 atom stereocenters. The maximum atomic E-state index is 0. The van der Waals surface area contributed by atoms with Gasteiger partial charge in [-0.25, -0.2) is 0 Å². The normalized spacial score (nSPS) is 0. The Morgan fingerprint density at radius 3 is 0.375 bits per heavy atom. The van der Waals surface area contributed by atoms with Gasteiger partial charge >= 0.3 is 43.2 Å². The van der Waals surface area contributed by atoms with Crippen molar-refractivity contribution in [2.45, 2.75) is 0 Å². The summed E-state index contributed by atoms with van der Waals surface area (Å²) in [6, 6.07) is 0. The van der Waals surface area contributed by atoms with Crippen molar-refractivity contribution in [3.05, 3.63) is 0 Å². The molecule has 0 saturated carbocycles. The van der Waals surface area contributed by atoms with Gasteiger partial charge in [0.15, 0.2) is 0 Å². The minimum atomic E-state index is 0. The van der Waals surface area contributed by atoms with E-state index in [1.54, 1.807) is 0 Å². The van der Waals surface area contributed by atoms with Gasteiger partial charge in [-0.3, -0.25) is 0 Å². The van der Waals surface area contributed by atoms with Gasteiger partial charge in [0.25, 0.3) is 0 Å². The van der Waals surface area contributed by atoms with Crippen molar-refractivity contribution >= 4 is 17.4 Å². The standard InChI is InChI=1S/Al.6FH.Sc/h;6*1H;/q+3;;;;;;;+3/p-6. The van der Waals surface area contributed by atoms with E-state index < -0.39 is 0 Å². The van der Waals surface area contributed by atoms with Gasteiger partial charge in [0.2, 0.25) is 0 Å². The molecule has 48 valence electrons. The van der Waals surface area contributed by atoms with E-state index in [2.05, 4.69) is 0 Å². The molecule has 0 nitrogen and oxygen atoms in total. The Bertz CT molecular complexity index is 8.49. The van der Waals surface area contributed by atoms with Crippen LogP contribution < -0.4 is 28.2 Å². The zero-order valence-corrected chi connectivity index (χ0v) is 6.38. The van der Waals surface area contributed by atoms with Crippen molar-refractivity contribution < 1.29 is 54.1 Å². The maximum Gasteiger partial charge on any atom is 3.00 e. The Kier molecular flexibility index (Phi) is 29900. The third-order valence-electron chi connectivity index (χ3n) is 0. The van der Waals surface area contributed by atoms with Crippen LogP contribution in [0.4, 0.5) is 0 Å². The summed E-state index contributed by atoms with van der Waals surface area (Å²) in [5.41, 5.74) is 0. The Labute approximate surface area is 71.5 Å². The zero-order valence-electron chi connectivity index (χ0n) is 3.42. The molecule has 0 aliphatic carbocycles. The monoisotopic (exact) mass is 186 g/mol. The molecule has 8 heteroatoms. The van der Waals surface area contributed by atoms with Gasteiger partial charge in [-0.1, -0.05) is 0 Å². The summed E-state index contributed by atoms with van der Waals surface area (Å²) in [6.45, 7) is 0. The van der Waals surface area contributed by atoms with Crippen molar-refractivity contribution in [2.75, 3.05) is 0 Å². The molecule has 0 aromatic rings. The third-order valence-corrected chi connectivity index (χ3v) is 0. The summed E-state index contributed by atoms with van der Waals surface area (Å²) in [4.78, 5) is 0. The van der Waals surface area contributed by atoms with Crippen LogP contribution in [-0.2, 0) is 25.8 Å². The Morgan fingerprint density at radius 2 is 0.375 bits per heavy atom. The first-order valence-electron chi connectivity index (χ1n) is 0. The molecule has 0 saturated heterocycles. The van der Waals surface area contributed by atoms with Crippen LogP contribution in [-0.4, -0.2) is 17.4 Å². The number of hydrogen-bond acceptors (Lipinski definition) is 0. The quantitative estimate of drug-likeness (QED) is 0.260. The third kappa shape index (κ3) is 259. The van der Waals surface area contributed by atoms with Gasteiger partial charge in [-0.05, 0) is 0 Å². The first-order chi connectivity index (χ1) is 0. The minimum absolute atomic E-state index is 0. The minimum Gasteiger partial charge on any atom is -1.00 e. The van der Waals surface area contributed by atoms with Gasteiger partial charge in [0, 0.05) is 0 Å². The van der Waals surface area contributed by atoms with Crippen LogP contribution in [0, 0.1) is 0 Å². The van der Waals surface area contributed by atoms with Gasteiger partial charge in [-0.2, -0.15) is 0 Å². The van der Waals surface area contributed by atoms with Crippen LogP contribution in [0.5, 0.6) is 0 Å². The van der Waals surface area contributed by atoms with Crippen LogP contribution in [0.3, 0.4) is 0 Å². The van der Waals surface area contributed by atoms with Crippen LogP contribution in [0.25, 0.3) is 0 Å². The molecule has 0 amide bonds. The van der Waals surface area contributed by atoms with E-state index in [0.717, 1.165) is 0 Å². The Balaban J connectivity index is 0. The molecule has 0 aromatic carbocycles. The Hall–Kier alpha value is 0.983. The Morgan fingerprint density at radius 1 is 0.375 bits per heavy atom. The second-order valence-corrected chi connectivity index (χ2v) is 0. The molecule has 8 heavy (non-hydrogen) atoms. The molecule has 0 bridgehead atoms. The largest absolute Gasteiger partial charge is 3.00 e. The van der Waals surface area contributed by atoms with E-state index >= 15 is 0 Å². The number of hydrogen-bond donors (Lipinski definition) is 0. The van der Waals surface area contributed by atoms with Crippen molar-refractivity contribution in [2.24, 2.45) is 0 Å². The average molecular weight is 186 g/mol. The van der Waals surface area contributed by atoms with Crippen LogP contribution in [0.2, 0.25) is 0 Å². The van der Waals surface area contributed by atoms with E-state index in [0.29, 0.717) is 0 Å². The van der Waals surface area contributed by atoms with Gasteiger partial charge in [0.1, 0.15) is 0 Å². The van der Waals surface area contributed by atoms with Crippen molar-refractivity contribution in [1.29, 1.82) is 0 Å². The SMILES string of the molecule is [Al+3].[F-].[F-].[F-].[F-].[F-].[F-].[Sc+3]. The molecule has 0 unspecified atom stereocenters. The van der Waals surface area contributed by atoms with Gasteiger partial charge < -0.3 is 28.2 Å². The van der Waals surface area contributed by atoms with Crippen molar-refractivity contribution in [3.63, 3.8) is 0 Å². The smallest absolute Gasteiger partial charge is 1.00 e.